The van der Waals surface area contributed by atoms with E-state index in [1.165, 1.54) is 5.43 Å². The number of carbonyl (C=O) groups excluding carboxylic acids is 1. The van der Waals surface area contributed by atoms with E-state index in [2.05, 4.69) is 25.6 Å². The second-order valence-electron chi connectivity index (χ2n) is 4.68. The van der Waals surface area contributed by atoms with Gasteiger partial charge in [0.25, 0.3) is 0 Å². The molecule has 2 heterocycles. The molecule has 0 radical (unpaired) electrons. The van der Waals surface area contributed by atoms with Crippen molar-refractivity contribution in [3.8, 4) is 0 Å². The lowest BCUT2D eigenvalue weighted by Crippen LogP contribution is -2.81. The quantitative estimate of drug-likeness (QED) is 0.196. The van der Waals surface area contributed by atoms with E-state index < -0.39 is 0 Å². The first-order valence-corrected chi connectivity index (χ1v) is 7.25. The molecule has 22 heavy (non-hydrogen) atoms. The predicted molar refractivity (Wildman–Crippen MR) is 80.7 cm³/mol. The van der Waals surface area contributed by atoms with Crippen molar-refractivity contribution in [2.24, 2.45) is 0 Å². The molecule has 0 aliphatic carbocycles. The van der Waals surface area contributed by atoms with Crippen molar-refractivity contribution in [2.75, 3.05) is 44.2 Å². The number of hydrogen-bond acceptors (Lipinski definition) is 7. The molecule has 0 aromatic carbocycles. The molecule has 0 spiro atoms. The fourth-order valence-corrected chi connectivity index (χ4v) is 1.98. The van der Waals surface area contributed by atoms with E-state index >= 15 is 0 Å². The van der Waals surface area contributed by atoms with Gasteiger partial charge in [0, 0.05) is 44.1 Å². The van der Waals surface area contributed by atoms with E-state index in [0.29, 0.717) is 18.1 Å². The van der Waals surface area contributed by atoms with Crippen molar-refractivity contribution in [1.29, 1.82) is 5.41 Å². The van der Waals surface area contributed by atoms with Gasteiger partial charge >= 0.3 is 5.97 Å². The Kier molecular flexibility index (Phi) is 6.04. The highest BCUT2D eigenvalue weighted by molar-refractivity contribution is 6.03. The molecule has 0 amide bonds. The molecule has 1 aliphatic heterocycles. The average Bonchev–Trinajstić information content (AvgIpc) is 2.56. The monoisotopic (exact) mass is 307 g/mol. The molecule has 9 heteroatoms. The summed E-state index contributed by atoms with van der Waals surface area (Å²) in [6, 6.07) is 0. The van der Waals surface area contributed by atoms with E-state index in [1.807, 2.05) is 0 Å². The molecule has 4 N–H and O–H groups in total. The molecule has 9 nitrogen and oxygen atoms in total. The smallest absolute Gasteiger partial charge is 0.362 e. The highest BCUT2D eigenvalue weighted by Gasteiger charge is 2.12. The Morgan fingerprint density at radius 3 is 2.77 bits per heavy atom. The Morgan fingerprint density at radius 2 is 2.14 bits per heavy atom. The lowest BCUT2D eigenvalue weighted by atomic mass is 10.3. The molecule has 120 valence electrons. The maximum Gasteiger partial charge on any atom is 0.362 e. The van der Waals surface area contributed by atoms with Crippen LogP contribution >= 0.6 is 0 Å². The first-order chi connectivity index (χ1) is 10.7. The van der Waals surface area contributed by atoms with Gasteiger partial charge in [-0.2, -0.15) is 0 Å². The summed E-state index contributed by atoms with van der Waals surface area (Å²) in [5, 5.41) is 11.1. The van der Waals surface area contributed by atoms with Crippen LogP contribution in [0.15, 0.2) is 12.4 Å². The fourth-order valence-electron chi connectivity index (χ4n) is 1.98. The number of piperazine rings is 1. The van der Waals surface area contributed by atoms with Crippen LogP contribution in [0, 0.1) is 5.41 Å². The molecule has 2 rings (SSSR count). The Balaban J connectivity index is 1.81. The summed E-state index contributed by atoms with van der Waals surface area (Å²) in [6.45, 7) is 5.71. The van der Waals surface area contributed by atoms with Gasteiger partial charge in [-0.15, -0.1) is 0 Å². The molecule has 0 atom stereocenters. The number of rotatable bonds is 6. The van der Waals surface area contributed by atoms with Crippen molar-refractivity contribution in [2.45, 2.75) is 6.92 Å². The third-order valence-corrected chi connectivity index (χ3v) is 3.10. The summed E-state index contributed by atoms with van der Waals surface area (Å²) in [4.78, 5) is 21.8. The third-order valence-electron chi connectivity index (χ3n) is 3.10. The van der Waals surface area contributed by atoms with Gasteiger partial charge in [0.05, 0.1) is 6.61 Å². The van der Waals surface area contributed by atoms with Crippen molar-refractivity contribution >= 4 is 17.8 Å². The summed E-state index contributed by atoms with van der Waals surface area (Å²) in [5.74, 6) is 0.328. The van der Waals surface area contributed by atoms with Gasteiger partial charge in [0.15, 0.2) is 6.54 Å². The Labute approximate surface area is 128 Å². The summed E-state index contributed by atoms with van der Waals surface area (Å²) >= 11 is 0. The number of ether oxygens (including phenoxy) is 1. The minimum atomic E-state index is -0.357. The molecule has 1 aromatic heterocycles. The summed E-state index contributed by atoms with van der Waals surface area (Å²) < 4.78 is 4.78. The maximum absolute atomic E-state index is 11.2. The van der Waals surface area contributed by atoms with Gasteiger partial charge in [0.1, 0.15) is 0 Å². The number of nitrogens with one attached hydrogen (secondary N) is 2. The highest BCUT2D eigenvalue weighted by Crippen LogP contribution is 2.08. The van der Waals surface area contributed by atoms with Crippen LogP contribution in [0.2, 0.25) is 0 Å². The van der Waals surface area contributed by atoms with E-state index in [0.717, 1.165) is 26.2 Å². The predicted octanol–water partition coefficient (Wildman–Crippen LogP) is -1.37. The van der Waals surface area contributed by atoms with Crippen molar-refractivity contribution < 1.29 is 15.0 Å². The number of nitrogens with two attached hydrogens (primary N) is 1. The lowest BCUT2D eigenvalue weighted by molar-refractivity contribution is -0.590. The maximum atomic E-state index is 11.2. The highest BCUT2D eigenvalue weighted by atomic mass is 16.5. The van der Waals surface area contributed by atoms with Gasteiger partial charge < -0.3 is 20.4 Å². The Morgan fingerprint density at radius 1 is 1.45 bits per heavy atom. The molecule has 1 aliphatic rings. The summed E-state index contributed by atoms with van der Waals surface area (Å²) in [6.07, 6.45) is 3.16. The van der Waals surface area contributed by atoms with Gasteiger partial charge in [-0.1, -0.05) is 0 Å². The van der Waals surface area contributed by atoms with Crippen LogP contribution in [0.25, 0.3) is 5.43 Å². The SMILES string of the molecule is CCOC(=O)C[NH2+][N-]C(=N)c1cnc(N2CCNCC2)nc1. The van der Waals surface area contributed by atoms with Crippen molar-refractivity contribution in [1.82, 2.24) is 15.3 Å². The van der Waals surface area contributed by atoms with Crippen molar-refractivity contribution in [3.05, 3.63) is 23.4 Å². The topological polar surface area (TPSA) is 122 Å². The second kappa shape index (κ2) is 8.25. The Bertz CT molecular complexity index is 500. The van der Waals surface area contributed by atoms with E-state index in [4.69, 9.17) is 10.1 Å². The molecular weight excluding hydrogens is 286 g/mol. The normalized spacial score (nSPS) is 14.5. The number of aromatic nitrogens is 2. The molecule has 0 bridgehead atoms. The van der Waals surface area contributed by atoms with Gasteiger partial charge in [-0.3, -0.25) is 10.9 Å². The zero-order valence-corrected chi connectivity index (χ0v) is 12.6. The van der Waals surface area contributed by atoms with E-state index in [9.17, 15) is 4.79 Å². The van der Waals surface area contributed by atoms with Crippen LogP contribution < -0.4 is 15.6 Å². The van der Waals surface area contributed by atoms with Crippen LogP contribution in [0.1, 0.15) is 12.5 Å². The number of nitrogens with zero attached hydrogens (tertiary/aromatic N) is 4. The molecule has 1 fully saturated rings. The van der Waals surface area contributed by atoms with Crippen LogP contribution in [0.3, 0.4) is 0 Å². The largest absolute Gasteiger partial charge is 0.478 e. The Hall–Kier alpha value is -2.26. The molecule has 0 unspecified atom stereocenters. The number of esters is 1. The van der Waals surface area contributed by atoms with Gasteiger partial charge in [0.2, 0.25) is 5.95 Å². The van der Waals surface area contributed by atoms with Crippen LogP contribution in [0.4, 0.5) is 5.95 Å². The number of amidine groups is 1. The lowest BCUT2D eigenvalue weighted by Gasteiger charge is -2.27. The zero-order valence-electron chi connectivity index (χ0n) is 12.6. The van der Waals surface area contributed by atoms with Crippen molar-refractivity contribution in [3.63, 3.8) is 0 Å². The third kappa shape index (κ3) is 4.64. The first-order valence-electron chi connectivity index (χ1n) is 7.25. The first kappa shape index (κ1) is 16.1. The summed E-state index contributed by atoms with van der Waals surface area (Å²) in [7, 11) is 0. The van der Waals surface area contributed by atoms with Crippen LogP contribution in [-0.4, -0.2) is 61.1 Å². The molecule has 1 aromatic rings. The average molecular weight is 307 g/mol. The minimum Gasteiger partial charge on any atom is -0.478 e. The number of carbonyl (C=O) groups is 1. The number of anilines is 1. The fraction of sp³-hybridized carbons (Fsp3) is 0.538. The second-order valence-corrected chi connectivity index (χ2v) is 4.68. The standard InChI is InChI=1S/C13H21N7O2/c1-2-22-11(21)9-18-19-12(14)10-7-16-13(17-8-10)20-5-3-15-4-6-20/h7-8,15H,2-6,9,18H2,1H3,(H-,14,19). The minimum absolute atomic E-state index is 0.0242. The molecule has 0 saturated carbocycles. The van der Waals surface area contributed by atoms with E-state index in [-0.39, 0.29) is 18.3 Å². The summed E-state index contributed by atoms with van der Waals surface area (Å²) in [5.41, 5.74) is 5.79. The zero-order chi connectivity index (χ0) is 15.8. The van der Waals surface area contributed by atoms with Crippen LogP contribution in [-0.2, 0) is 9.53 Å². The molecular formula is C13H21N7O2. The van der Waals surface area contributed by atoms with Crippen LogP contribution in [0.5, 0.6) is 0 Å². The van der Waals surface area contributed by atoms with Gasteiger partial charge in [-0.25, -0.2) is 14.8 Å². The molecule has 1 saturated heterocycles. The van der Waals surface area contributed by atoms with Gasteiger partial charge in [-0.05, 0) is 12.8 Å². The van der Waals surface area contributed by atoms with E-state index in [1.54, 1.807) is 19.3 Å². The number of quaternary nitrogens is 1. The number of hydrogen-bond donors (Lipinski definition) is 3.